The summed E-state index contributed by atoms with van der Waals surface area (Å²) in [7, 11) is 0. The van der Waals surface area contributed by atoms with Crippen molar-refractivity contribution in [1.82, 2.24) is 0 Å². The molecular weight excluding hydrogens is 312 g/mol. The van der Waals surface area contributed by atoms with Crippen molar-refractivity contribution in [2.24, 2.45) is 0 Å². The van der Waals surface area contributed by atoms with Crippen molar-refractivity contribution < 1.29 is 4.74 Å². The van der Waals surface area contributed by atoms with Gasteiger partial charge >= 0.3 is 0 Å². The Morgan fingerprint density at radius 1 is 0.850 bits per heavy atom. The molecule has 0 bridgehead atoms. The Kier molecular flexibility index (Phi) is 2.64. The zero-order chi connectivity index (χ0) is 13.5. The molecule has 0 spiro atoms. The van der Waals surface area contributed by atoms with E-state index in [9.17, 15) is 0 Å². The smallest absolute Gasteiger partial charge is 0.135 e. The second-order valence-electron chi connectivity index (χ2n) is 4.82. The summed E-state index contributed by atoms with van der Waals surface area (Å²) in [5.41, 5.74) is 2.28. The van der Waals surface area contributed by atoms with Gasteiger partial charge in [0.1, 0.15) is 11.5 Å². The summed E-state index contributed by atoms with van der Waals surface area (Å²) in [6.45, 7) is 0. The lowest BCUT2D eigenvalue weighted by Gasteiger charge is -2.19. The first-order valence-corrected chi connectivity index (χ1v) is 7.28. The van der Waals surface area contributed by atoms with Crippen molar-refractivity contribution in [3.8, 4) is 5.75 Å². The van der Waals surface area contributed by atoms with Crippen LogP contribution in [0.2, 0.25) is 0 Å². The monoisotopic (exact) mass is 322 g/mol. The highest BCUT2D eigenvalue weighted by Gasteiger charge is 2.15. The molecule has 96 valence electrons. The summed E-state index contributed by atoms with van der Waals surface area (Å²) >= 11 is 3.51. The highest BCUT2D eigenvalue weighted by molar-refractivity contribution is 9.10. The van der Waals surface area contributed by atoms with Gasteiger partial charge in [-0.25, -0.2) is 0 Å². The van der Waals surface area contributed by atoms with Gasteiger partial charge in [-0.1, -0.05) is 58.4 Å². The van der Waals surface area contributed by atoms with Crippen LogP contribution in [0.4, 0.5) is 0 Å². The number of halogens is 1. The average molecular weight is 323 g/mol. The third-order valence-electron chi connectivity index (χ3n) is 3.51. The first-order chi connectivity index (χ1) is 9.81. The van der Waals surface area contributed by atoms with Crippen LogP contribution >= 0.6 is 15.9 Å². The van der Waals surface area contributed by atoms with Crippen LogP contribution in [0.25, 0.3) is 22.6 Å². The molecule has 1 aliphatic heterocycles. The molecule has 0 radical (unpaired) electrons. The fourth-order valence-electron chi connectivity index (χ4n) is 2.61. The van der Waals surface area contributed by atoms with Gasteiger partial charge in [0.25, 0.3) is 0 Å². The molecule has 0 fully saturated rings. The van der Waals surface area contributed by atoms with Crippen LogP contribution < -0.4 is 4.74 Å². The van der Waals surface area contributed by atoms with Crippen molar-refractivity contribution in [2.75, 3.05) is 0 Å². The maximum atomic E-state index is 6.09. The van der Waals surface area contributed by atoms with E-state index in [1.54, 1.807) is 0 Å². The topological polar surface area (TPSA) is 9.23 Å². The Balaban J connectivity index is 1.94. The van der Waals surface area contributed by atoms with Crippen LogP contribution in [0.3, 0.4) is 0 Å². The molecule has 0 amide bonds. The SMILES string of the molecule is Brc1cccc(C2=Cc3cccc4cccc(c34)O2)c1. The van der Waals surface area contributed by atoms with Gasteiger partial charge in [0.15, 0.2) is 0 Å². The average Bonchev–Trinajstić information content (AvgIpc) is 2.48. The Hall–Kier alpha value is -2.06. The van der Waals surface area contributed by atoms with Crippen LogP contribution in [0, 0.1) is 0 Å². The number of rotatable bonds is 1. The van der Waals surface area contributed by atoms with Gasteiger partial charge in [-0.3, -0.25) is 0 Å². The van der Waals surface area contributed by atoms with Crippen LogP contribution in [0.5, 0.6) is 5.75 Å². The Bertz CT molecular complexity index is 844. The van der Waals surface area contributed by atoms with Gasteiger partial charge in [0, 0.05) is 15.4 Å². The summed E-state index contributed by atoms with van der Waals surface area (Å²) in [6.07, 6.45) is 2.11. The number of ether oxygens (including phenoxy) is 1. The van der Waals surface area contributed by atoms with E-state index in [1.165, 1.54) is 16.3 Å². The molecular formula is C18H11BrO. The molecule has 2 heteroatoms. The van der Waals surface area contributed by atoms with Crippen molar-refractivity contribution in [3.63, 3.8) is 0 Å². The van der Waals surface area contributed by atoms with Crippen molar-refractivity contribution in [2.45, 2.75) is 0 Å². The zero-order valence-electron chi connectivity index (χ0n) is 10.6. The minimum atomic E-state index is 0.887. The summed E-state index contributed by atoms with van der Waals surface area (Å²) in [5, 5.41) is 2.40. The summed E-state index contributed by atoms with van der Waals surface area (Å²) in [4.78, 5) is 0. The Labute approximate surface area is 125 Å². The molecule has 0 saturated heterocycles. The van der Waals surface area contributed by atoms with Crippen LogP contribution in [-0.2, 0) is 0 Å². The van der Waals surface area contributed by atoms with E-state index in [0.717, 1.165) is 21.5 Å². The molecule has 0 unspecified atom stereocenters. The van der Waals surface area contributed by atoms with E-state index in [4.69, 9.17) is 4.74 Å². The molecule has 1 aliphatic rings. The van der Waals surface area contributed by atoms with E-state index in [1.807, 2.05) is 24.3 Å². The molecule has 1 nitrogen and oxygen atoms in total. The molecule has 0 aromatic heterocycles. The van der Waals surface area contributed by atoms with E-state index in [-0.39, 0.29) is 0 Å². The van der Waals surface area contributed by atoms with Gasteiger partial charge < -0.3 is 4.74 Å². The minimum absolute atomic E-state index is 0.887. The van der Waals surface area contributed by atoms with Crippen LogP contribution in [0.15, 0.2) is 65.1 Å². The quantitative estimate of drug-likeness (QED) is 0.575. The van der Waals surface area contributed by atoms with E-state index in [2.05, 4.69) is 58.4 Å². The molecule has 0 N–H and O–H groups in total. The minimum Gasteiger partial charge on any atom is -0.456 e. The van der Waals surface area contributed by atoms with Crippen LogP contribution in [-0.4, -0.2) is 0 Å². The second-order valence-corrected chi connectivity index (χ2v) is 5.74. The fraction of sp³-hybridized carbons (Fsp3) is 0. The zero-order valence-corrected chi connectivity index (χ0v) is 12.2. The molecule has 4 rings (SSSR count). The molecule has 0 saturated carbocycles. The van der Waals surface area contributed by atoms with Crippen LogP contribution in [0.1, 0.15) is 11.1 Å². The number of hydrogen-bond donors (Lipinski definition) is 0. The highest BCUT2D eigenvalue weighted by Crippen LogP contribution is 2.38. The molecule has 3 aromatic rings. The number of hydrogen-bond acceptors (Lipinski definition) is 1. The first kappa shape index (κ1) is 11.7. The second kappa shape index (κ2) is 4.50. The molecule has 1 heterocycles. The lowest BCUT2D eigenvalue weighted by Crippen LogP contribution is -2.00. The van der Waals surface area contributed by atoms with E-state index < -0.39 is 0 Å². The normalized spacial score (nSPS) is 12.9. The third-order valence-corrected chi connectivity index (χ3v) is 4.01. The Morgan fingerprint density at radius 3 is 2.50 bits per heavy atom. The van der Waals surface area contributed by atoms with Gasteiger partial charge in [-0.05, 0) is 35.2 Å². The molecule has 0 atom stereocenters. The molecule has 3 aromatic carbocycles. The standard InChI is InChI=1S/C18H11BrO/c19-15-8-2-6-13(10-15)17-11-14-7-1-4-12-5-3-9-16(20-17)18(12)14/h1-11H. The van der Waals surface area contributed by atoms with Gasteiger partial charge in [0.05, 0.1) is 0 Å². The van der Waals surface area contributed by atoms with Crippen molar-refractivity contribution >= 4 is 38.5 Å². The van der Waals surface area contributed by atoms with E-state index in [0.29, 0.717) is 0 Å². The maximum absolute atomic E-state index is 6.09. The summed E-state index contributed by atoms with van der Waals surface area (Å²) < 4.78 is 7.14. The predicted octanol–water partition coefficient (Wildman–Crippen LogP) is 5.49. The lowest BCUT2D eigenvalue weighted by molar-refractivity contribution is 0.521. The fourth-order valence-corrected chi connectivity index (χ4v) is 3.01. The lowest BCUT2D eigenvalue weighted by atomic mass is 9.99. The van der Waals surface area contributed by atoms with Gasteiger partial charge in [-0.2, -0.15) is 0 Å². The first-order valence-electron chi connectivity index (χ1n) is 6.48. The van der Waals surface area contributed by atoms with Crippen molar-refractivity contribution in [1.29, 1.82) is 0 Å². The van der Waals surface area contributed by atoms with E-state index >= 15 is 0 Å². The third kappa shape index (κ3) is 1.84. The molecule has 20 heavy (non-hydrogen) atoms. The largest absolute Gasteiger partial charge is 0.456 e. The maximum Gasteiger partial charge on any atom is 0.135 e. The highest BCUT2D eigenvalue weighted by atomic mass is 79.9. The summed E-state index contributed by atoms with van der Waals surface area (Å²) in [6, 6.07) is 20.7. The van der Waals surface area contributed by atoms with Gasteiger partial charge in [0.2, 0.25) is 0 Å². The number of benzene rings is 3. The predicted molar refractivity (Wildman–Crippen MR) is 86.6 cm³/mol. The van der Waals surface area contributed by atoms with Crippen molar-refractivity contribution in [3.05, 3.63) is 76.3 Å². The van der Waals surface area contributed by atoms with Gasteiger partial charge in [-0.15, -0.1) is 0 Å². The molecule has 0 aliphatic carbocycles. The summed E-state index contributed by atoms with van der Waals surface area (Å²) in [5.74, 6) is 1.81. The Morgan fingerprint density at radius 2 is 1.65 bits per heavy atom.